The minimum atomic E-state index is 0.162. The first-order valence-corrected chi connectivity index (χ1v) is 11.1. The van der Waals surface area contributed by atoms with E-state index in [0.29, 0.717) is 23.8 Å². The van der Waals surface area contributed by atoms with Gasteiger partial charge in [-0.25, -0.2) is 4.98 Å². The second-order valence-electron chi connectivity index (χ2n) is 8.96. The van der Waals surface area contributed by atoms with Crippen molar-refractivity contribution in [2.75, 3.05) is 11.9 Å². The first-order valence-electron chi connectivity index (χ1n) is 11.1. The number of hydrogen-bond acceptors (Lipinski definition) is 5. The smallest absolute Gasteiger partial charge is 0.226 e. The van der Waals surface area contributed by atoms with Crippen molar-refractivity contribution in [1.82, 2.24) is 9.97 Å². The predicted molar refractivity (Wildman–Crippen MR) is 116 cm³/mol. The zero-order chi connectivity index (χ0) is 20.2. The molecule has 0 saturated heterocycles. The highest BCUT2D eigenvalue weighted by molar-refractivity contribution is 5.69. The molecule has 1 N–H and O–H groups in total. The molecule has 1 heterocycles. The largest absolute Gasteiger partial charge is 0.491 e. The molecular formula is C24H33N3O2. The lowest BCUT2D eigenvalue weighted by Crippen LogP contribution is -2.26. The van der Waals surface area contributed by atoms with E-state index >= 15 is 0 Å². The van der Waals surface area contributed by atoms with E-state index in [1.54, 1.807) is 0 Å². The summed E-state index contributed by atoms with van der Waals surface area (Å²) in [6.45, 7) is 7.14. The Balaban J connectivity index is 1.52. The molecule has 29 heavy (non-hydrogen) atoms. The first-order chi connectivity index (χ1) is 14.1. The zero-order valence-corrected chi connectivity index (χ0v) is 17.9. The molecule has 5 nitrogen and oxygen atoms in total. The molecule has 2 fully saturated rings. The van der Waals surface area contributed by atoms with Gasteiger partial charge in [-0.15, -0.1) is 0 Å². The Morgan fingerprint density at radius 2 is 1.76 bits per heavy atom. The van der Waals surface area contributed by atoms with Crippen molar-refractivity contribution >= 4 is 5.95 Å². The van der Waals surface area contributed by atoms with E-state index in [-0.39, 0.29) is 6.10 Å². The van der Waals surface area contributed by atoms with E-state index in [1.165, 1.54) is 38.5 Å². The van der Waals surface area contributed by atoms with Crippen LogP contribution >= 0.6 is 0 Å². The maximum absolute atomic E-state index is 6.13. The Kier molecular flexibility index (Phi) is 6.22. The molecule has 1 aromatic carbocycles. The molecule has 0 atom stereocenters. The molecule has 4 rings (SSSR count). The van der Waals surface area contributed by atoms with Crippen LogP contribution in [0.3, 0.4) is 0 Å². The number of hydrogen-bond donors (Lipinski definition) is 1. The first kappa shape index (κ1) is 20.0. The van der Waals surface area contributed by atoms with Crippen molar-refractivity contribution < 1.29 is 9.47 Å². The van der Waals surface area contributed by atoms with Crippen LogP contribution in [0.5, 0.6) is 11.6 Å². The number of aromatic nitrogens is 2. The number of ether oxygens (including phenoxy) is 2. The van der Waals surface area contributed by atoms with Crippen LogP contribution in [-0.2, 0) is 0 Å². The Hall–Kier alpha value is -2.30. The standard InChI is InChI=1S/C24H33N3O2/c1-16(2)29-21-12-8-19(9-13-21)22-14-25-24(26-20-10-4-17(3)5-11-20)27-23(22)28-15-18-6-7-18/h8-9,12-14,16-18,20H,4-7,10-11,15H2,1-3H3,(H,25,26,27). The minimum absolute atomic E-state index is 0.162. The predicted octanol–water partition coefficient (Wildman–Crippen LogP) is 5.71. The average Bonchev–Trinajstić information content (AvgIpc) is 3.53. The van der Waals surface area contributed by atoms with Crippen molar-refractivity contribution in [1.29, 1.82) is 0 Å². The molecule has 0 radical (unpaired) electrons. The van der Waals surface area contributed by atoms with Crippen LogP contribution in [-0.4, -0.2) is 28.7 Å². The van der Waals surface area contributed by atoms with Gasteiger partial charge in [0.2, 0.25) is 11.8 Å². The Labute approximate surface area is 174 Å². The van der Waals surface area contributed by atoms with Crippen LogP contribution in [0, 0.1) is 11.8 Å². The van der Waals surface area contributed by atoms with Gasteiger partial charge in [0.25, 0.3) is 0 Å². The molecule has 0 unspecified atom stereocenters. The number of anilines is 1. The highest BCUT2D eigenvalue weighted by Gasteiger charge is 2.24. The number of nitrogens with zero attached hydrogens (tertiary/aromatic N) is 2. The highest BCUT2D eigenvalue weighted by Crippen LogP contribution is 2.34. The molecular weight excluding hydrogens is 362 g/mol. The topological polar surface area (TPSA) is 56.3 Å². The fourth-order valence-corrected chi connectivity index (χ4v) is 3.80. The summed E-state index contributed by atoms with van der Waals surface area (Å²) in [5.74, 6) is 3.73. The van der Waals surface area contributed by atoms with Crippen molar-refractivity contribution in [2.45, 2.75) is 71.4 Å². The Morgan fingerprint density at radius 1 is 1.03 bits per heavy atom. The van der Waals surface area contributed by atoms with Crippen molar-refractivity contribution in [2.24, 2.45) is 11.8 Å². The summed E-state index contributed by atoms with van der Waals surface area (Å²) in [6, 6.07) is 8.55. The van der Waals surface area contributed by atoms with Crippen molar-refractivity contribution in [3.05, 3.63) is 30.5 Å². The Bertz CT molecular complexity index is 794. The van der Waals surface area contributed by atoms with Gasteiger partial charge in [-0.1, -0.05) is 19.1 Å². The fraction of sp³-hybridized carbons (Fsp3) is 0.583. The monoisotopic (exact) mass is 395 g/mol. The third kappa shape index (κ3) is 5.62. The van der Waals surface area contributed by atoms with Crippen LogP contribution in [0.25, 0.3) is 11.1 Å². The fourth-order valence-electron chi connectivity index (χ4n) is 3.80. The van der Waals surface area contributed by atoms with Gasteiger partial charge in [-0.2, -0.15) is 4.98 Å². The van der Waals surface area contributed by atoms with Crippen LogP contribution < -0.4 is 14.8 Å². The Morgan fingerprint density at radius 3 is 2.41 bits per heavy atom. The zero-order valence-electron chi connectivity index (χ0n) is 17.9. The summed E-state index contributed by atoms with van der Waals surface area (Å²) in [4.78, 5) is 9.37. The van der Waals surface area contributed by atoms with Gasteiger partial charge in [-0.3, -0.25) is 0 Å². The van der Waals surface area contributed by atoms with E-state index in [0.717, 1.165) is 29.4 Å². The van der Waals surface area contributed by atoms with Crippen molar-refractivity contribution in [3.8, 4) is 22.8 Å². The molecule has 2 aliphatic carbocycles. The van der Waals surface area contributed by atoms with Crippen LogP contribution in [0.15, 0.2) is 30.5 Å². The summed E-state index contributed by atoms with van der Waals surface area (Å²) in [7, 11) is 0. The van der Waals surface area contributed by atoms with E-state index in [2.05, 4.69) is 29.4 Å². The molecule has 5 heteroatoms. The number of benzene rings is 1. The molecule has 156 valence electrons. The van der Waals surface area contributed by atoms with Gasteiger partial charge in [0.1, 0.15) is 5.75 Å². The number of rotatable bonds is 8. The van der Waals surface area contributed by atoms with E-state index in [9.17, 15) is 0 Å². The number of nitrogens with one attached hydrogen (secondary N) is 1. The van der Waals surface area contributed by atoms with Crippen LogP contribution in [0.4, 0.5) is 5.95 Å². The van der Waals surface area contributed by atoms with E-state index in [1.807, 2.05) is 32.2 Å². The molecule has 1 aromatic heterocycles. The van der Waals surface area contributed by atoms with Crippen LogP contribution in [0.1, 0.15) is 59.3 Å². The average molecular weight is 396 g/mol. The summed E-state index contributed by atoms with van der Waals surface area (Å²) < 4.78 is 11.9. The van der Waals surface area contributed by atoms with Gasteiger partial charge in [0.15, 0.2) is 0 Å². The maximum Gasteiger partial charge on any atom is 0.226 e. The molecule has 0 aliphatic heterocycles. The third-order valence-corrected chi connectivity index (χ3v) is 5.79. The lowest BCUT2D eigenvalue weighted by Gasteiger charge is -2.27. The summed E-state index contributed by atoms with van der Waals surface area (Å²) in [6.07, 6.45) is 9.47. The summed E-state index contributed by atoms with van der Waals surface area (Å²) in [5, 5.41) is 3.53. The molecule has 0 amide bonds. The summed E-state index contributed by atoms with van der Waals surface area (Å²) in [5.41, 5.74) is 1.98. The van der Waals surface area contributed by atoms with Gasteiger partial charge in [-0.05, 0) is 81.9 Å². The molecule has 2 aromatic rings. The third-order valence-electron chi connectivity index (χ3n) is 5.79. The maximum atomic E-state index is 6.13. The second-order valence-corrected chi connectivity index (χ2v) is 8.96. The molecule has 0 bridgehead atoms. The SMILES string of the molecule is CC1CCC(Nc2ncc(-c3ccc(OC(C)C)cc3)c(OCC3CC3)n2)CC1. The van der Waals surface area contributed by atoms with Crippen LogP contribution in [0.2, 0.25) is 0 Å². The second kappa shape index (κ2) is 9.02. The van der Waals surface area contributed by atoms with Gasteiger partial charge in [0, 0.05) is 12.2 Å². The highest BCUT2D eigenvalue weighted by atomic mass is 16.5. The lowest BCUT2D eigenvalue weighted by atomic mass is 9.87. The quantitative estimate of drug-likeness (QED) is 0.620. The lowest BCUT2D eigenvalue weighted by molar-refractivity contribution is 0.242. The minimum Gasteiger partial charge on any atom is -0.491 e. The van der Waals surface area contributed by atoms with E-state index < -0.39 is 0 Å². The molecule has 2 aliphatic rings. The summed E-state index contributed by atoms with van der Waals surface area (Å²) >= 11 is 0. The molecule has 0 spiro atoms. The van der Waals surface area contributed by atoms with Crippen molar-refractivity contribution in [3.63, 3.8) is 0 Å². The van der Waals surface area contributed by atoms with Gasteiger partial charge in [0.05, 0.1) is 18.3 Å². The van der Waals surface area contributed by atoms with E-state index in [4.69, 9.17) is 14.5 Å². The van der Waals surface area contributed by atoms with Gasteiger partial charge >= 0.3 is 0 Å². The molecule has 2 saturated carbocycles. The van der Waals surface area contributed by atoms with Gasteiger partial charge < -0.3 is 14.8 Å². The normalized spacial score (nSPS) is 21.8.